The van der Waals surface area contributed by atoms with Crippen molar-refractivity contribution in [3.8, 4) is 10.4 Å². The second-order valence-corrected chi connectivity index (χ2v) is 4.35. The lowest BCUT2D eigenvalue weighted by atomic mass is 10.1. The van der Waals surface area contributed by atoms with E-state index in [0.29, 0.717) is 0 Å². The summed E-state index contributed by atoms with van der Waals surface area (Å²) < 4.78 is 26.5. The summed E-state index contributed by atoms with van der Waals surface area (Å²) in [5.41, 5.74) is 5.53. The molecule has 2 rings (SSSR count). The zero-order valence-corrected chi connectivity index (χ0v) is 9.22. The first-order valence-corrected chi connectivity index (χ1v) is 5.39. The van der Waals surface area contributed by atoms with Crippen LogP contribution in [0.1, 0.15) is 9.67 Å². The summed E-state index contributed by atoms with van der Waals surface area (Å²) in [5, 5.41) is 8.81. The minimum absolute atomic E-state index is 0.00852. The Balaban J connectivity index is 2.58. The van der Waals surface area contributed by atoms with Crippen LogP contribution in [0.25, 0.3) is 10.4 Å². The molecule has 0 atom stereocenters. The molecular formula is C11H7F2NO2S. The SMILES string of the molecule is Nc1cc(-c2cccc(F)c2F)sc1C(=O)O. The van der Waals surface area contributed by atoms with Gasteiger partial charge in [-0.25, -0.2) is 13.6 Å². The van der Waals surface area contributed by atoms with Gasteiger partial charge in [-0.05, 0) is 12.1 Å². The number of hydrogen-bond acceptors (Lipinski definition) is 3. The van der Waals surface area contributed by atoms with E-state index in [9.17, 15) is 13.6 Å². The Kier molecular flexibility index (Phi) is 2.81. The molecule has 0 aliphatic carbocycles. The largest absolute Gasteiger partial charge is 0.477 e. The summed E-state index contributed by atoms with van der Waals surface area (Å²) in [4.78, 5) is 11.0. The van der Waals surface area contributed by atoms with Crippen molar-refractivity contribution in [2.75, 3.05) is 5.73 Å². The Labute approximate surface area is 99.1 Å². The molecule has 1 heterocycles. The molecule has 0 radical (unpaired) electrons. The standard InChI is InChI=1S/C11H7F2NO2S/c12-6-3-1-2-5(9(6)13)8-4-7(14)10(17-8)11(15)16/h1-4H,14H2,(H,15,16). The van der Waals surface area contributed by atoms with Crippen molar-refractivity contribution in [3.05, 3.63) is 40.8 Å². The summed E-state index contributed by atoms with van der Waals surface area (Å²) in [5.74, 6) is -3.17. The van der Waals surface area contributed by atoms with Gasteiger partial charge in [0.1, 0.15) is 4.88 Å². The maximum Gasteiger partial charge on any atom is 0.348 e. The van der Waals surface area contributed by atoms with Crippen LogP contribution in [0.5, 0.6) is 0 Å². The number of thiophene rings is 1. The molecule has 3 nitrogen and oxygen atoms in total. The van der Waals surface area contributed by atoms with Crippen molar-refractivity contribution >= 4 is 23.0 Å². The number of anilines is 1. The smallest absolute Gasteiger partial charge is 0.348 e. The molecule has 3 N–H and O–H groups in total. The van der Waals surface area contributed by atoms with Crippen LogP contribution in [0.2, 0.25) is 0 Å². The van der Waals surface area contributed by atoms with E-state index < -0.39 is 17.6 Å². The van der Waals surface area contributed by atoms with Crippen LogP contribution in [0.4, 0.5) is 14.5 Å². The van der Waals surface area contributed by atoms with E-state index in [-0.39, 0.29) is 21.0 Å². The van der Waals surface area contributed by atoms with Crippen molar-refractivity contribution in [1.29, 1.82) is 0 Å². The van der Waals surface area contributed by atoms with Gasteiger partial charge in [0.05, 0.1) is 5.69 Å². The Morgan fingerprint density at radius 2 is 2.06 bits per heavy atom. The molecule has 0 amide bonds. The summed E-state index contributed by atoms with van der Waals surface area (Å²) in [6.45, 7) is 0. The fraction of sp³-hybridized carbons (Fsp3) is 0. The summed E-state index contributed by atoms with van der Waals surface area (Å²) >= 11 is 0.812. The molecule has 17 heavy (non-hydrogen) atoms. The number of halogens is 2. The second-order valence-electron chi connectivity index (χ2n) is 3.30. The topological polar surface area (TPSA) is 63.3 Å². The molecule has 2 aromatic rings. The number of carbonyl (C=O) groups is 1. The van der Waals surface area contributed by atoms with E-state index in [4.69, 9.17) is 10.8 Å². The van der Waals surface area contributed by atoms with Gasteiger partial charge in [0.15, 0.2) is 11.6 Å². The molecule has 0 spiro atoms. The third-order valence-electron chi connectivity index (χ3n) is 2.17. The number of aromatic carboxylic acids is 1. The maximum absolute atomic E-state index is 13.5. The van der Waals surface area contributed by atoms with E-state index >= 15 is 0 Å². The molecule has 0 fully saturated rings. The average Bonchev–Trinajstić information content (AvgIpc) is 2.64. The van der Waals surface area contributed by atoms with Crippen molar-refractivity contribution in [1.82, 2.24) is 0 Å². The Bertz CT molecular complexity index is 595. The van der Waals surface area contributed by atoms with Crippen molar-refractivity contribution in [3.63, 3.8) is 0 Å². The van der Waals surface area contributed by atoms with Crippen LogP contribution >= 0.6 is 11.3 Å². The number of carboxylic acid groups (broad SMARTS) is 1. The van der Waals surface area contributed by atoms with E-state index in [1.165, 1.54) is 18.2 Å². The number of nitrogens with two attached hydrogens (primary N) is 1. The van der Waals surface area contributed by atoms with Gasteiger partial charge in [-0.15, -0.1) is 11.3 Å². The third kappa shape index (κ3) is 1.99. The van der Waals surface area contributed by atoms with Crippen molar-refractivity contribution in [2.45, 2.75) is 0 Å². The Morgan fingerprint density at radius 3 is 2.65 bits per heavy atom. The molecule has 0 saturated carbocycles. The molecule has 88 valence electrons. The van der Waals surface area contributed by atoms with Crippen LogP contribution in [-0.2, 0) is 0 Å². The molecule has 0 aliphatic heterocycles. The highest BCUT2D eigenvalue weighted by molar-refractivity contribution is 7.17. The highest BCUT2D eigenvalue weighted by Gasteiger charge is 2.17. The fourth-order valence-corrected chi connectivity index (χ4v) is 2.34. The molecule has 0 aliphatic rings. The average molecular weight is 255 g/mol. The number of benzene rings is 1. The van der Waals surface area contributed by atoms with E-state index in [2.05, 4.69) is 0 Å². The zero-order valence-electron chi connectivity index (χ0n) is 8.41. The number of hydrogen-bond donors (Lipinski definition) is 2. The molecule has 1 aromatic carbocycles. The highest BCUT2D eigenvalue weighted by Crippen LogP contribution is 2.35. The monoisotopic (exact) mass is 255 g/mol. The second kappa shape index (κ2) is 4.14. The van der Waals surface area contributed by atoms with Gasteiger partial charge < -0.3 is 10.8 Å². The van der Waals surface area contributed by atoms with Gasteiger partial charge in [-0.3, -0.25) is 0 Å². The van der Waals surface area contributed by atoms with Crippen LogP contribution in [-0.4, -0.2) is 11.1 Å². The van der Waals surface area contributed by atoms with Crippen LogP contribution < -0.4 is 5.73 Å². The fourth-order valence-electron chi connectivity index (χ4n) is 1.40. The van der Waals surface area contributed by atoms with Gasteiger partial charge in [-0.1, -0.05) is 12.1 Å². The Hall–Kier alpha value is -1.95. The van der Waals surface area contributed by atoms with Crippen LogP contribution in [0, 0.1) is 11.6 Å². The number of carboxylic acids is 1. The summed E-state index contributed by atoms with van der Waals surface area (Å²) in [7, 11) is 0. The lowest BCUT2D eigenvalue weighted by molar-refractivity contribution is 0.0703. The maximum atomic E-state index is 13.5. The van der Waals surface area contributed by atoms with E-state index in [1.807, 2.05) is 0 Å². The molecule has 6 heteroatoms. The molecule has 0 saturated heterocycles. The van der Waals surface area contributed by atoms with Crippen LogP contribution in [0.15, 0.2) is 24.3 Å². The molecule has 0 unspecified atom stereocenters. The minimum atomic E-state index is -1.18. The van der Waals surface area contributed by atoms with Gasteiger partial charge in [0, 0.05) is 10.4 Å². The first kappa shape index (κ1) is 11.5. The molecular weight excluding hydrogens is 248 g/mol. The van der Waals surface area contributed by atoms with Crippen molar-refractivity contribution in [2.24, 2.45) is 0 Å². The normalized spacial score (nSPS) is 10.5. The Morgan fingerprint density at radius 1 is 1.35 bits per heavy atom. The highest BCUT2D eigenvalue weighted by atomic mass is 32.1. The van der Waals surface area contributed by atoms with E-state index in [0.717, 1.165) is 17.4 Å². The molecule has 0 bridgehead atoms. The predicted octanol–water partition coefficient (Wildman–Crippen LogP) is 2.97. The van der Waals surface area contributed by atoms with Crippen molar-refractivity contribution < 1.29 is 18.7 Å². The van der Waals surface area contributed by atoms with Gasteiger partial charge in [-0.2, -0.15) is 0 Å². The summed E-state index contributed by atoms with van der Waals surface area (Å²) in [6.07, 6.45) is 0. The number of nitrogen functional groups attached to an aromatic ring is 1. The first-order chi connectivity index (χ1) is 8.00. The minimum Gasteiger partial charge on any atom is -0.477 e. The van der Waals surface area contributed by atoms with E-state index in [1.54, 1.807) is 0 Å². The molecule has 1 aromatic heterocycles. The van der Waals surface area contributed by atoms with Crippen LogP contribution in [0.3, 0.4) is 0 Å². The van der Waals surface area contributed by atoms with Gasteiger partial charge in [0.25, 0.3) is 0 Å². The van der Waals surface area contributed by atoms with Gasteiger partial charge >= 0.3 is 5.97 Å². The predicted molar refractivity (Wildman–Crippen MR) is 61.0 cm³/mol. The lowest BCUT2D eigenvalue weighted by Crippen LogP contribution is -1.96. The third-order valence-corrected chi connectivity index (χ3v) is 3.34. The lowest BCUT2D eigenvalue weighted by Gasteiger charge is -1.99. The zero-order chi connectivity index (χ0) is 12.6. The first-order valence-electron chi connectivity index (χ1n) is 4.57. The number of rotatable bonds is 2. The van der Waals surface area contributed by atoms with Gasteiger partial charge in [0.2, 0.25) is 0 Å². The quantitative estimate of drug-likeness (QED) is 0.867. The summed E-state index contributed by atoms with van der Waals surface area (Å²) in [6, 6.07) is 5.04.